The molecule has 0 atom stereocenters. The first-order valence-electron chi connectivity index (χ1n) is 6.33. The van der Waals surface area contributed by atoms with Crippen LogP contribution in [0.25, 0.3) is 11.3 Å². The predicted molar refractivity (Wildman–Crippen MR) is 75.4 cm³/mol. The van der Waals surface area contributed by atoms with E-state index in [4.69, 9.17) is 5.73 Å². The minimum Gasteiger partial charge on any atom is -0.329 e. The molecule has 2 aromatic rings. The molecule has 0 saturated heterocycles. The van der Waals surface area contributed by atoms with Gasteiger partial charge in [-0.15, -0.1) is 0 Å². The zero-order valence-electron chi connectivity index (χ0n) is 11.4. The minimum atomic E-state index is 0.191. The van der Waals surface area contributed by atoms with E-state index in [1.165, 1.54) is 11.1 Å². The lowest BCUT2D eigenvalue weighted by molar-refractivity contribution is 0.590. The molecular formula is C15H21N3. The van der Waals surface area contributed by atoms with Crippen LogP contribution < -0.4 is 5.73 Å². The third kappa shape index (κ3) is 2.62. The van der Waals surface area contributed by atoms with Crippen molar-refractivity contribution in [1.29, 1.82) is 0 Å². The van der Waals surface area contributed by atoms with Crippen LogP contribution in [0.4, 0.5) is 0 Å². The number of nitrogens with two attached hydrogens (primary N) is 1. The minimum absolute atomic E-state index is 0.191. The number of rotatable bonds is 3. The molecule has 2 rings (SSSR count). The third-order valence-corrected chi connectivity index (χ3v) is 3.13. The largest absolute Gasteiger partial charge is 0.329 e. The molecule has 1 aromatic carbocycles. The van der Waals surface area contributed by atoms with E-state index < -0.39 is 0 Å². The van der Waals surface area contributed by atoms with Crippen LogP contribution >= 0.6 is 0 Å². The van der Waals surface area contributed by atoms with Gasteiger partial charge in [0.1, 0.15) is 0 Å². The van der Waals surface area contributed by atoms with Crippen LogP contribution in [0.2, 0.25) is 0 Å². The van der Waals surface area contributed by atoms with E-state index in [-0.39, 0.29) is 5.41 Å². The van der Waals surface area contributed by atoms with Crippen LogP contribution in [-0.4, -0.2) is 16.1 Å². The topological polar surface area (TPSA) is 43.8 Å². The van der Waals surface area contributed by atoms with Gasteiger partial charge in [0.05, 0.1) is 18.2 Å². The van der Waals surface area contributed by atoms with E-state index in [0.717, 1.165) is 12.2 Å². The quantitative estimate of drug-likeness (QED) is 0.901. The highest BCUT2D eigenvalue weighted by Crippen LogP contribution is 2.25. The number of hydrogen-bond acceptors (Lipinski definition) is 2. The molecule has 0 spiro atoms. The molecule has 0 aliphatic carbocycles. The Kier molecular flexibility index (Phi) is 3.53. The van der Waals surface area contributed by atoms with E-state index in [9.17, 15) is 0 Å². The van der Waals surface area contributed by atoms with Crippen LogP contribution in [0.1, 0.15) is 26.3 Å². The Hall–Kier alpha value is -1.61. The van der Waals surface area contributed by atoms with Crippen molar-refractivity contribution >= 4 is 0 Å². The normalized spacial score (nSPS) is 11.8. The summed E-state index contributed by atoms with van der Waals surface area (Å²) in [5.74, 6) is 0. The van der Waals surface area contributed by atoms with Crippen LogP contribution in [0.15, 0.2) is 36.8 Å². The fourth-order valence-electron chi connectivity index (χ4n) is 2.02. The molecule has 1 heterocycles. The first kappa shape index (κ1) is 12.8. The summed E-state index contributed by atoms with van der Waals surface area (Å²) >= 11 is 0. The molecule has 96 valence electrons. The molecule has 0 radical (unpaired) electrons. The van der Waals surface area contributed by atoms with Gasteiger partial charge in [-0.1, -0.05) is 45.0 Å². The summed E-state index contributed by atoms with van der Waals surface area (Å²) in [7, 11) is 0. The van der Waals surface area contributed by atoms with Gasteiger partial charge in [-0.25, -0.2) is 4.98 Å². The average Bonchev–Trinajstić information content (AvgIpc) is 2.77. The number of benzene rings is 1. The third-order valence-electron chi connectivity index (χ3n) is 3.13. The van der Waals surface area contributed by atoms with Crippen molar-refractivity contribution in [1.82, 2.24) is 9.55 Å². The van der Waals surface area contributed by atoms with Gasteiger partial charge in [-0.3, -0.25) is 0 Å². The van der Waals surface area contributed by atoms with Gasteiger partial charge in [0.2, 0.25) is 0 Å². The highest BCUT2D eigenvalue weighted by molar-refractivity contribution is 5.59. The fraction of sp³-hybridized carbons (Fsp3) is 0.400. The van der Waals surface area contributed by atoms with Gasteiger partial charge in [-0.2, -0.15) is 0 Å². The lowest BCUT2D eigenvalue weighted by Crippen LogP contribution is -2.11. The molecule has 0 bridgehead atoms. The summed E-state index contributed by atoms with van der Waals surface area (Å²) in [4.78, 5) is 4.20. The maximum absolute atomic E-state index is 5.60. The van der Waals surface area contributed by atoms with Gasteiger partial charge in [0.15, 0.2) is 0 Å². The molecule has 0 aliphatic heterocycles. The Labute approximate surface area is 109 Å². The smallest absolute Gasteiger partial charge is 0.0951 e. The second-order valence-corrected chi connectivity index (χ2v) is 5.59. The number of nitrogens with zero attached hydrogens (tertiary/aromatic N) is 2. The zero-order chi connectivity index (χ0) is 13.2. The van der Waals surface area contributed by atoms with Gasteiger partial charge in [-0.05, 0) is 16.5 Å². The van der Waals surface area contributed by atoms with Gasteiger partial charge < -0.3 is 10.3 Å². The first-order chi connectivity index (χ1) is 8.52. The van der Waals surface area contributed by atoms with Gasteiger partial charge in [0.25, 0.3) is 0 Å². The van der Waals surface area contributed by atoms with Gasteiger partial charge in [0, 0.05) is 13.1 Å². The Balaban J connectivity index is 2.32. The maximum Gasteiger partial charge on any atom is 0.0951 e. The molecule has 0 fully saturated rings. The number of hydrogen-bond donors (Lipinski definition) is 1. The molecular weight excluding hydrogens is 222 g/mol. The van der Waals surface area contributed by atoms with Crippen LogP contribution in [-0.2, 0) is 12.0 Å². The maximum atomic E-state index is 5.60. The van der Waals surface area contributed by atoms with Crippen molar-refractivity contribution < 1.29 is 0 Å². The summed E-state index contributed by atoms with van der Waals surface area (Å²) in [6.07, 6.45) is 3.72. The zero-order valence-corrected chi connectivity index (χ0v) is 11.4. The van der Waals surface area contributed by atoms with E-state index in [0.29, 0.717) is 6.54 Å². The highest BCUT2D eigenvalue weighted by atomic mass is 15.0. The molecule has 3 heteroatoms. The second kappa shape index (κ2) is 4.94. The summed E-state index contributed by atoms with van der Waals surface area (Å²) < 4.78 is 2.09. The van der Waals surface area contributed by atoms with Crippen molar-refractivity contribution in [2.75, 3.05) is 6.54 Å². The highest BCUT2D eigenvalue weighted by Gasteiger charge is 2.13. The Morgan fingerprint density at radius 3 is 2.39 bits per heavy atom. The summed E-state index contributed by atoms with van der Waals surface area (Å²) in [5, 5.41) is 0. The second-order valence-electron chi connectivity index (χ2n) is 5.59. The van der Waals surface area contributed by atoms with Crippen molar-refractivity contribution in [3.05, 3.63) is 42.4 Å². The molecule has 1 aromatic heterocycles. The fourth-order valence-corrected chi connectivity index (χ4v) is 2.02. The molecule has 0 aliphatic rings. The van der Waals surface area contributed by atoms with E-state index >= 15 is 0 Å². The van der Waals surface area contributed by atoms with E-state index in [1.807, 2.05) is 12.5 Å². The van der Waals surface area contributed by atoms with Crippen LogP contribution in [0, 0.1) is 0 Å². The molecule has 18 heavy (non-hydrogen) atoms. The van der Waals surface area contributed by atoms with Crippen LogP contribution in [0.5, 0.6) is 0 Å². The lowest BCUT2D eigenvalue weighted by atomic mass is 9.86. The SMILES string of the molecule is CC(C)(C)c1ccc(-c2cncn2CCN)cc1. The Bertz CT molecular complexity index is 503. The van der Waals surface area contributed by atoms with E-state index in [2.05, 4.69) is 54.6 Å². The van der Waals surface area contributed by atoms with Crippen molar-refractivity contribution in [3.8, 4) is 11.3 Å². The lowest BCUT2D eigenvalue weighted by Gasteiger charge is -2.19. The molecule has 0 saturated carbocycles. The molecule has 0 amide bonds. The number of imidazole rings is 1. The van der Waals surface area contributed by atoms with E-state index in [1.54, 1.807) is 0 Å². The Morgan fingerprint density at radius 2 is 1.83 bits per heavy atom. The molecule has 0 unspecified atom stereocenters. The summed E-state index contributed by atoms with van der Waals surface area (Å²) in [6.45, 7) is 8.10. The average molecular weight is 243 g/mol. The van der Waals surface area contributed by atoms with Crippen molar-refractivity contribution in [2.45, 2.75) is 32.7 Å². The summed E-state index contributed by atoms with van der Waals surface area (Å²) in [5.41, 5.74) is 9.45. The van der Waals surface area contributed by atoms with Crippen molar-refractivity contribution in [2.24, 2.45) is 5.73 Å². The van der Waals surface area contributed by atoms with Gasteiger partial charge >= 0.3 is 0 Å². The predicted octanol–water partition coefficient (Wildman–Crippen LogP) is 2.81. The first-order valence-corrected chi connectivity index (χ1v) is 6.33. The Morgan fingerprint density at radius 1 is 1.17 bits per heavy atom. The van der Waals surface area contributed by atoms with Crippen molar-refractivity contribution in [3.63, 3.8) is 0 Å². The standard InChI is InChI=1S/C15H21N3/c1-15(2,3)13-6-4-12(5-7-13)14-10-17-11-18(14)9-8-16/h4-7,10-11H,8-9,16H2,1-3H3. The molecule has 2 N–H and O–H groups in total. The molecule has 3 nitrogen and oxygen atoms in total. The number of aromatic nitrogens is 2. The summed E-state index contributed by atoms with van der Waals surface area (Å²) in [6, 6.07) is 8.69. The van der Waals surface area contributed by atoms with Crippen LogP contribution in [0.3, 0.4) is 0 Å². The monoisotopic (exact) mass is 243 g/mol.